The van der Waals surface area contributed by atoms with Crippen molar-refractivity contribution in [3.8, 4) is 22.8 Å². The van der Waals surface area contributed by atoms with Crippen LogP contribution in [0.25, 0.3) is 11.3 Å². The van der Waals surface area contributed by atoms with Crippen LogP contribution in [0.3, 0.4) is 0 Å². The standard InChI is InChI=1S/C12H13NO3/c1-8-13-7-12(16-8)9-4-10(14-2)6-11(5-9)15-3/h4-7H,1-3H3. The highest BCUT2D eigenvalue weighted by atomic mass is 16.5. The summed E-state index contributed by atoms with van der Waals surface area (Å²) < 4.78 is 15.8. The molecule has 84 valence electrons. The smallest absolute Gasteiger partial charge is 0.191 e. The van der Waals surface area contributed by atoms with Crippen LogP contribution in [0, 0.1) is 6.92 Å². The molecule has 4 heteroatoms. The molecule has 4 nitrogen and oxygen atoms in total. The van der Waals surface area contributed by atoms with E-state index in [1.807, 2.05) is 18.2 Å². The monoisotopic (exact) mass is 219 g/mol. The number of nitrogens with zero attached hydrogens (tertiary/aromatic N) is 1. The molecule has 0 bridgehead atoms. The van der Waals surface area contributed by atoms with E-state index in [0.717, 1.165) is 17.1 Å². The summed E-state index contributed by atoms with van der Waals surface area (Å²) in [6.45, 7) is 1.81. The first kappa shape index (κ1) is 10.5. The second-order valence-corrected chi connectivity index (χ2v) is 3.34. The largest absolute Gasteiger partial charge is 0.497 e. The molecule has 2 aromatic rings. The molecular weight excluding hydrogens is 206 g/mol. The Morgan fingerprint density at radius 2 is 1.69 bits per heavy atom. The Bertz CT molecular complexity index is 469. The number of aromatic nitrogens is 1. The van der Waals surface area contributed by atoms with Crippen LogP contribution >= 0.6 is 0 Å². The molecule has 0 radical (unpaired) electrons. The van der Waals surface area contributed by atoms with E-state index in [2.05, 4.69) is 4.98 Å². The predicted octanol–water partition coefficient (Wildman–Crippen LogP) is 2.67. The minimum absolute atomic E-state index is 0.636. The third-order valence-corrected chi connectivity index (χ3v) is 2.26. The van der Waals surface area contributed by atoms with Crippen LogP contribution in [0.4, 0.5) is 0 Å². The predicted molar refractivity (Wildman–Crippen MR) is 59.8 cm³/mol. The van der Waals surface area contributed by atoms with Gasteiger partial charge in [0.1, 0.15) is 11.5 Å². The molecule has 1 aromatic heterocycles. The SMILES string of the molecule is COc1cc(OC)cc(-c2cnc(C)o2)c1. The first-order chi connectivity index (χ1) is 7.72. The Morgan fingerprint density at radius 3 is 2.12 bits per heavy atom. The van der Waals surface area contributed by atoms with Crippen molar-refractivity contribution in [1.82, 2.24) is 4.98 Å². The molecule has 0 aliphatic rings. The maximum atomic E-state index is 5.45. The number of aryl methyl sites for hydroxylation is 1. The first-order valence-corrected chi connectivity index (χ1v) is 4.89. The Hall–Kier alpha value is -1.97. The normalized spacial score (nSPS) is 10.2. The maximum Gasteiger partial charge on any atom is 0.191 e. The van der Waals surface area contributed by atoms with Crippen molar-refractivity contribution in [2.24, 2.45) is 0 Å². The van der Waals surface area contributed by atoms with Gasteiger partial charge in [-0.25, -0.2) is 4.98 Å². The summed E-state index contributed by atoms with van der Waals surface area (Å²) in [7, 11) is 3.23. The topological polar surface area (TPSA) is 44.5 Å². The van der Waals surface area contributed by atoms with Crippen LogP contribution in [0.1, 0.15) is 5.89 Å². The lowest BCUT2D eigenvalue weighted by Gasteiger charge is -2.06. The zero-order valence-corrected chi connectivity index (χ0v) is 9.48. The van der Waals surface area contributed by atoms with Gasteiger partial charge >= 0.3 is 0 Å². The van der Waals surface area contributed by atoms with Gasteiger partial charge in [-0.15, -0.1) is 0 Å². The third kappa shape index (κ3) is 2.00. The van der Waals surface area contributed by atoms with Crippen LogP contribution in [0.15, 0.2) is 28.8 Å². The molecule has 0 aliphatic carbocycles. The van der Waals surface area contributed by atoms with E-state index in [4.69, 9.17) is 13.9 Å². The summed E-state index contributed by atoms with van der Waals surface area (Å²) in [6, 6.07) is 5.57. The van der Waals surface area contributed by atoms with Gasteiger partial charge in [-0.05, 0) is 12.1 Å². The number of methoxy groups -OCH3 is 2. The van der Waals surface area contributed by atoms with Crippen molar-refractivity contribution in [1.29, 1.82) is 0 Å². The summed E-state index contributed by atoms with van der Waals surface area (Å²) in [6.07, 6.45) is 1.68. The zero-order valence-electron chi connectivity index (χ0n) is 9.48. The van der Waals surface area contributed by atoms with Gasteiger partial charge in [0.2, 0.25) is 0 Å². The van der Waals surface area contributed by atoms with E-state index < -0.39 is 0 Å². The van der Waals surface area contributed by atoms with Crippen LogP contribution < -0.4 is 9.47 Å². The van der Waals surface area contributed by atoms with E-state index in [0.29, 0.717) is 11.7 Å². The van der Waals surface area contributed by atoms with Gasteiger partial charge < -0.3 is 13.9 Å². The highest BCUT2D eigenvalue weighted by molar-refractivity contribution is 5.61. The average Bonchev–Trinajstić information content (AvgIpc) is 2.75. The summed E-state index contributed by atoms with van der Waals surface area (Å²) in [4.78, 5) is 4.06. The zero-order chi connectivity index (χ0) is 11.5. The third-order valence-electron chi connectivity index (χ3n) is 2.26. The molecule has 0 atom stereocenters. The fourth-order valence-corrected chi connectivity index (χ4v) is 1.44. The molecule has 0 N–H and O–H groups in total. The minimum Gasteiger partial charge on any atom is -0.497 e. The van der Waals surface area contributed by atoms with E-state index in [1.165, 1.54) is 0 Å². The molecule has 0 amide bonds. The van der Waals surface area contributed by atoms with Gasteiger partial charge in [0.05, 0.1) is 20.4 Å². The van der Waals surface area contributed by atoms with E-state index in [1.54, 1.807) is 27.3 Å². The number of rotatable bonds is 3. The Morgan fingerprint density at radius 1 is 1.06 bits per heavy atom. The van der Waals surface area contributed by atoms with E-state index in [9.17, 15) is 0 Å². The highest BCUT2D eigenvalue weighted by Gasteiger charge is 2.07. The van der Waals surface area contributed by atoms with Crippen molar-refractivity contribution in [3.63, 3.8) is 0 Å². The van der Waals surface area contributed by atoms with Crippen molar-refractivity contribution in [3.05, 3.63) is 30.3 Å². The van der Waals surface area contributed by atoms with E-state index in [-0.39, 0.29) is 0 Å². The van der Waals surface area contributed by atoms with Crippen LogP contribution in [0.2, 0.25) is 0 Å². The Balaban J connectivity index is 2.47. The lowest BCUT2D eigenvalue weighted by molar-refractivity contribution is 0.394. The quantitative estimate of drug-likeness (QED) is 0.796. The lowest BCUT2D eigenvalue weighted by Crippen LogP contribution is -1.88. The van der Waals surface area contributed by atoms with Gasteiger partial charge in [0.25, 0.3) is 0 Å². The van der Waals surface area contributed by atoms with Gasteiger partial charge in [-0.3, -0.25) is 0 Å². The number of hydrogen-bond donors (Lipinski definition) is 0. The Kier molecular flexibility index (Phi) is 2.81. The maximum absolute atomic E-state index is 5.45. The average molecular weight is 219 g/mol. The van der Waals surface area contributed by atoms with Gasteiger partial charge in [-0.1, -0.05) is 0 Å². The van der Waals surface area contributed by atoms with Gasteiger partial charge in [-0.2, -0.15) is 0 Å². The first-order valence-electron chi connectivity index (χ1n) is 4.89. The second-order valence-electron chi connectivity index (χ2n) is 3.34. The van der Waals surface area contributed by atoms with Crippen LogP contribution in [-0.2, 0) is 0 Å². The lowest BCUT2D eigenvalue weighted by atomic mass is 10.1. The molecule has 0 saturated heterocycles. The van der Waals surface area contributed by atoms with E-state index >= 15 is 0 Å². The van der Waals surface area contributed by atoms with Gasteiger partial charge in [0.15, 0.2) is 11.7 Å². The fraction of sp³-hybridized carbons (Fsp3) is 0.250. The van der Waals surface area contributed by atoms with Gasteiger partial charge in [0, 0.05) is 18.6 Å². The molecule has 0 aliphatic heterocycles. The summed E-state index contributed by atoms with van der Waals surface area (Å²) in [5.41, 5.74) is 0.886. The number of ether oxygens (including phenoxy) is 2. The molecule has 0 fully saturated rings. The highest BCUT2D eigenvalue weighted by Crippen LogP contribution is 2.29. The summed E-state index contributed by atoms with van der Waals surface area (Å²) in [5.74, 6) is 2.79. The molecule has 16 heavy (non-hydrogen) atoms. The fourth-order valence-electron chi connectivity index (χ4n) is 1.44. The van der Waals surface area contributed by atoms with Crippen molar-refractivity contribution in [2.45, 2.75) is 6.92 Å². The van der Waals surface area contributed by atoms with Crippen LogP contribution in [-0.4, -0.2) is 19.2 Å². The number of hydrogen-bond acceptors (Lipinski definition) is 4. The van der Waals surface area contributed by atoms with Crippen molar-refractivity contribution >= 4 is 0 Å². The van der Waals surface area contributed by atoms with Crippen LogP contribution in [0.5, 0.6) is 11.5 Å². The second kappa shape index (κ2) is 4.26. The molecular formula is C12H13NO3. The minimum atomic E-state index is 0.636. The molecule has 0 unspecified atom stereocenters. The van der Waals surface area contributed by atoms with Crippen molar-refractivity contribution in [2.75, 3.05) is 14.2 Å². The summed E-state index contributed by atoms with van der Waals surface area (Å²) >= 11 is 0. The molecule has 0 saturated carbocycles. The Labute approximate surface area is 93.8 Å². The molecule has 1 aromatic carbocycles. The molecule has 2 rings (SSSR count). The number of benzene rings is 1. The number of oxazole rings is 1. The summed E-state index contributed by atoms with van der Waals surface area (Å²) in [5, 5.41) is 0. The molecule has 1 heterocycles. The van der Waals surface area contributed by atoms with Crippen molar-refractivity contribution < 1.29 is 13.9 Å². The molecule has 0 spiro atoms.